The molecule has 2 N–H and O–H groups in total. The molecule has 0 radical (unpaired) electrons. The van der Waals surface area contributed by atoms with Crippen molar-refractivity contribution in [3.8, 4) is 0 Å². The number of hydrogen-bond acceptors (Lipinski definition) is 5. The van der Waals surface area contributed by atoms with E-state index in [0.717, 1.165) is 5.82 Å². The van der Waals surface area contributed by atoms with Gasteiger partial charge in [-0.1, -0.05) is 17.8 Å². The van der Waals surface area contributed by atoms with Gasteiger partial charge >= 0.3 is 0 Å². The number of nitrogens with one attached hydrogen (secondary N) is 2. The van der Waals surface area contributed by atoms with Crippen LogP contribution in [0.1, 0.15) is 19.7 Å². The molecule has 7 nitrogen and oxygen atoms in total. The Bertz CT molecular complexity index is 770. The summed E-state index contributed by atoms with van der Waals surface area (Å²) in [5, 5.41) is 14.0. The number of benzene rings is 1. The fourth-order valence-electron chi connectivity index (χ4n) is 2.08. The molecular formula is C17H21N5O2S. The van der Waals surface area contributed by atoms with Crippen LogP contribution in [0.25, 0.3) is 0 Å². The molecule has 0 unspecified atom stereocenters. The van der Waals surface area contributed by atoms with Crippen molar-refractivity contribution in [2.75, 3.05) is 10.6 Å². The summed E-state index contributed by atoms with van der Waals surface area (Å²) in [6.45, 7) is 9.44. The molecule has 0 bridgehead atoms. The normalized spacial score (nSPS) is 11.6. The van der Waals surface area contributed by atoms with E-state index >= 15 is 0 Å². The number of thioether (sulfide) groups is 1. The van der Waals surface area contributed by atoms with E-state index in [1.54, 1.807) is 30.3 Å². The van der Waals surface area contributed by atoms with E-state index in [2.05, 4.69) is 27.4 Å². The van der Waals surface area contributed by atoms with Gasteiger partial charge in [0.1, 0.15) is 5.82 Å². The van der Waals surface area contributed by atoms with Gasteiger partial charge in [0.25, 0.3) is 0 Å². The molecule has 0 aliphatic carbocycles. The van der Waals surface area contributed by atoms with Crippen molar-refractivity contribution < 1.29 is 9.59 Å². The minimum absolute atomic E-state index is 0.136. The number of anilines is 2. The van der Waals surface area contributed by atoms with Crippen LogP contribution in [0, 0.1) is 6.92 Å². The van der Waals surface area contributed by atoms with Gasteiger partial charge in [0.2, 0.25) is 11.8 Å². The Morgan fingerprint density at radius 2 is 1.84 bits per heavy atom. The van der Waals surface area contributed by atoms with Crippen LogP contribution in [-0.2, 0) is 16.1 Å². The fraction of sp³-hybridized carbons (Fsp3) is 0.294. The first-order valence-electron chi connectivity index (χ1n) is 7.76. The summed E-state index contributed by atoms with van der Waals surface area (Å²) in [4.78, 5) is 23.4. The predicted octanol–water partition coefficient (Wildman–Crippen LogP) is 2.85. The zero-order valence-corrected chi connectivity index (χ0v) is 15.3. The lowest BCUT2D eigenvalue weighted by Crippen LogP contribution is -2.23. The van der Waals surface area contributed by atoms with E-state index in [1.807, 2.05) is 18.4 Å². The second-order valence-corrected chi connectivity index (χ2v) is 6.74. The molecule has 1 atom stereocenters. The van der Waals surface area contributed by atoms with Gasteiger partial charge < -0.3 is 15.2 Å². The summed E-state index contributed by atoms with van der Waals surface area (Å²) in [5.41, 5.74) is 1.34. The van der Waals surface area contributed by atoms with Crippen LogP contribution in [0.3, 0.4) is 0 Å². The topological polar surface area (TPSA) is 88.9 Å². The maximum atomic E-state index is 12.4. The summed E-state index contributed by atoms with van der Waals surface area (Å²) in [6, 6.07) is 6.95. The van der Waals surface area contributed by atoms with Gasteiger partial charge in [-0.25, -0.2) is 0 Å². The van der Waals surface area contributed by atoms with E-state index in [4.69, 9.17) is 0 Å². The van der Waals surface area contributed by atoms with Gasteiger partial charge in [-0.2, -0.15) is 0 Å². The van der Waals surface area contributed by atoms with Crippen molar-refractivity contribution in [3.63, 3.8) is 0 Å². The number of nitrogens with zero attached hydrogens (tertiary/aromatic N) is 3. The first-order chi connectivity index (χ1) is 11.9. The van der Waals surface area contributed by atoms with Crippen molar-refractivity contribution in [2.45, 2.75) is 37.7 Å². The highest BCUT2D eigenvalue weighted by Crippen LogP contribution is 2.23. The van der Waals surface area contributed by atoms with Gasteiger partial charge in [-0.15, -0.1) is 16.8 Å². The zero-order chi connectivity index (χ0) is 18.4. The van der Waals surface area contributed by atoms with Crippen LogP contribution < -0.4 is 10.6 Å². The van der Waals surface area contributed by atoms with Crippen LogP contribution in [0.2, 0.25) is 0 Å². The van der Waals surface area contributed by atoms with E-state index in [-0.39, 0.29) is 17.1 Å². The molecular weight excluding hydrogens is 338 g/mol. The average Bonchev–Trinajstić information content (AvgIpc) is 2.90. The van der Waals surface area contributed by atoms with Crippen LogP contribution in [0.4, 0.5) is 11.4 Å². The molecule has 0 saturated heterocycles. The summed E-state index contributed by atoms with van der Waals surface area (Å²) >= 11 is 1.34. The maximum absolute atomic E-state index is 12.4. The average molecular weight is 359 g/mol. The van der Waals surface area contributed by atoms with E-state index in [1.165, 1.54) is 18.7 Å². The van der Waals surface area contributed by atoms with Gasteiger partial charge in [0.15, 0.2) is 5.16 Å². The Balaban J connectivity index is 1.98. The Morgan fingerprint density at radius 1 is 1.24 bits per heavy atom. The molecule has 2 rings (SSSR count). The second kappa shape index (κ2) is 8.48. The molecule has 2 amide bonds. The third-order valence-electron chi connectivity index (χ3n) is 3.34. The molecule has 25 heavy (non-hydrogen) atoms. The Morgan fingerprint density at radius 3 is 2.40 bits per heavy atom. The molecule has 0 fully saturated rings. The van der Waals surface area contributed by atoms with E-state index in [9.17, 15) is 9.59 Å². The molecule has 1 aromatic carbocycles. The summed E-state index contributed by atoms with van der Waals surface area (Å²) < 4.78 is 1.91. The van der Waals surface area contributed by atoms with Crippen LogP contribution in [0.15, 0.2) is 42.1 Å². The lowest BCUT2D eigenvalue weighted by molar-refractivity contribution is -0.115. The number of allylic oxidation sites excluding steroid dienone is 1. The number of amides is 2. The zero-order valence-electron chi connectivity index (χ0n) is 14.4. The SMILES string of the molecule is C=CCn1c(C)nnc1S[C@H](C)C(=O)Nc1ccc(NC(C)=O)cc1. The molecule has 2 aromatic rings. The second-order valence-electron chi connectivity index (χ2n) is 5.44. The number of hydrogen-bond donors (Lipinski definition) is 2. The number of aromatic nitrogens is 3. The third-order valence-corrected chi connectivity index (χ3v) is 4.42. The van der Waals surface area contributed by atoms with Gasteiger partial charge in [0, 0.05) is 24.8 Å². The van der Waals surface area contributed by atoms with Crippen LogP contribution in [-0.4, -0.2) is 31.8 Å². The minimum atomic E-state index is -0.345. The van der Waals surface area contributed by atoms with E-state index < -0.39 is 0 Å². The molecule has 132 valence electrons. The largest absolute Gasteiger partial charge is 0.326 e. The standard InChI is InChI=1S/C17H21N5O2S/c1-5-10-22-12(3)20-21-17(22)25-11(2)16(24)19-15-8-6-14(7-9-15)18-13(4)23/h5-9,11H,1,10H2,2-4H3,(H,18,23)(H,19,24)/t11-/m1/s1. The number of carbonyl (C=O) groups excluding carboxylic acids is 2. The summed E-state index contributed by atoms with van der Waals surface area (Å²) in [6.07, 6.45) is 1.77. The van der Waals surface area contributed by atoms with E-state index in [0.29, 0.717) is 23.1 Å². The fourth-order valence-corrected chi connectivity index (χ4v) is 2.99. The van der Waals surface area contributed by atoms with Crippen molar-refractivity contribution in [1.82, 2.24) is 14.8 Å². The monoisotopic (exact) mass is 359 g/mol. The van der Waals surface area contributed by atoms with Crippen LogP contribution >= 0.6 is 11.8 Å². The van der Waals surface area contributed by atoms with Gasteiger partial charge in [0.05, 0.1) is 5.25 Å². The quantitative estimate of drug-likeness (QED) is 0.586. The number of carbonyl (C=O) groups is 2. The molecule has 8 heteroatoms. The van der Waals surface area contributed by atoms with Crippen molar-refractivity contribution in [1.29, 1.82) is 0 Å². The first kappa shape index (κ1) is 18.7. The number of rotatable bonds is 7. The smallest absolute Gasteiger partial charge is 0.237 e. The van der Waals surface area contributed by atoms with Gasteiger partial charge in [-0.3, -0.25) is 9.59 Å². The van der Waals surface area contributed by atoms with Crippen LogP contribution in [0.5, 0.6) is 0 Å². The Hall–Kier alpha value is -2.61. The summed E-state index contributed by atoms with van der Waals surface area (Å²) in [5.74, 6) is 0.507. The summed E-state index contributed by atoms with van der Waals surface area (Å²) in [7, 11) is 0. The molecule has 0 saturated carbocycles. The third kappa shape index (κ3) is 5.18. The lowest BCUT2D eigenvalue weighted by Gasteiger charge is -2.13. The highest BCUT2D eigenvalue weighted by atomic mass is 32.2. The highest BCUT2D eigenvalue weighted by Gasteiger charge is 2.19. The lowest BCUT2D eigenvalue weighted by atomic mass is 10.2. The predicted molar refractivity (Wildman–Crippen MR) is 99.7 cm³/mol. The molecule has 1 aromatic heterocycles. The molecule has 0 aliphatic heterocycles. The molecule has 0 aliphatic rings. The number of aryl methyl sites for hydroxylation is 1. The minimum Gasteiger partial charge on any atom is -0.326 e. The van der Waals surface area contributed by atoms with Crippen molar-refractivity contribution in [3.05, 3.63) is 42.7 Å². The molecule has 1 heterocycles. The highest BCUT2D eigenvalue weighted by molar-refractivity contribution is 8.00. The first-order valence-corrected chi connectivity index (χ1v) is 8.64. The maximum Gasteiger partial charge on any atom is 0.237 e. The molecule has 0 spiro atoms. The van der Waals surface area contributed by atoms with Gasteiger partial charge in [-0.05, 0) is 38.1 Å². The van der Waals surface area contributed by atoms with Crippen molar-refractivity contribution in [2.24, 2.45) is 0 Å². The Labute approximate surface area is 150 Å². The Kier molecular flexibility index (Phi) is 6.35. The van der Waals surface area contributed by atoms with Crippen molar-refractivity contribution >= 4 is 35.0 Å².